The molecule has 0 amide bonds. The number of aryl methyl sites for hydroxylation is 1. The van der Waals surface area contributed by atoms with Crippen LogP contribution in [-0.4, -0.2) is 60.4 Å². The number of anilines is 1. The number of hydrogen-bond acceptors (Lipinski definition) is 5. The van der Waals surface area contributed by atoms with Crippen LogP contribution in [0.1, 0.15) is 15.9 Å². The molecule has 0 unspecified atom stereocenters. The molecule has 0 aliphatic carbocycles. The van der Waals surface area contributed by atoms with E-state index < -0.39 is 5.97 Å². The van der Waals surface area contributed by atoms with Crippen molar-refractivity contribution in [2.75, 3.05) is 44.7 Å². The van der Waals surface area contributed by atoms with Crippen LogP contribution < -0.4 is 5.32 Å². The Morgan fingerprint density at radius 2 is 2.26 bits per heavy atom. The molecule has 0 atom stereocenters. The smallest absolute Gasteiger partial charge is 0.339 e. The van der Waals surface area contributed by atoms with E-state index in [1.807, 2.05) is 0 Å². The summed E-state index contributed by atoms with van der Waals surface area (Å²) in [5.74, 6) is -0.500. The monoisotopic (exact) mass is 265 g/mol. The number of aromatic nitrogens is 1. The lowest BCUT2D eigenvalue weighted by molar-refractivity contribution is 0.0398. The van der Waals surface area contributed by atoms with E-state index in [1.165, 1.54) is 0 Å². The van der Waals surface area contributed by atoms with Crippen molar-refractivity contribution in [3.63, 3.8) is 0 Å². The largest absolute Gasteiger partial charge is 0.478 e. The van der Waals surface area contributed by atoms with Crippen molar-refractivity contribution in [3.05, 3.63) is 23.4 Å². The Kier molecular flexibility index (Phi) is 4.70. The molecule has 6 nitrogen and oxygen atoms in total. The summed E-state index contributed by atoms with van der Waals surface area (Å²) in [7, 11) is 0. The van der Waals surface area contributed by atoms with Gasteiger partial charge in [0, 0.05) is 32.4 Å². The Hall–Kier alpha value is -1.66. The maximum absolute atomic E-state index is 11.2. The number of nitrogens with one attached hydrogen (secondary N) is 1. The van der Waals surface area contributed by atoms with Crippen molar-refractivity contribution in [2.45, 2.75) is 6.92 Å². The zero-order chi connectivity index (χ0) is 13.7. The van der Waals surface area contributed by atoms with Gasteiger partial charge in [-0.15, -0.1) is 0 Å². The van der Waals surface area contributed by atoms with E-state index in [2.05, 4.69) is 15.2 Å². The first-order chi connectivity index (χ1) is 9.18. The Morgan fingerprint density at radius 1 is 1.53 bits per heavy atom. The second kappa shape index (κ2) is 6.49. The van der Waals surface area contributed by atoms with Crippen LogP contribution in [0.25, 0.3) is 0 Å². The van der Waals surface area contributed by atoms with Crippen LogP contribution in [-0.2, 0) is 4.74 Å². The Labute approximate surface area is 112 Å². The van der Waals surface area contributed by atoms with Gasteiger partial charge in [-0.3, -0.25) is 4.90 Å². The average molecular weight is 265 g/mol. The van der Waals surface area contributed by atoms with Gasteiger partial charge in [-0.2, -0.15) is 0 Å². The minimum atomic E-state index is -0.945. The minimum absolute atomic E-state index is 0.254. The molecule has 104 valence electrons. The lowest BCUT2D eigenvalue weighted by atomic mass is 10.1. The van der Waals surface area contributed by atoms with Crippen LogP contribution in [0.4, 0.5) is 5.82 Å². The van der Waals surface area contributed by atoms with Gasteiger partial charge in [0.15, 0.2) is 0 Å². The van der Waals surface area contributed by atoms with E-state index in [-0.39, 0.29) is 5.56 Å². The van der Waals surface area contributed by atoms with Gasteiger partial charge in [0.25, 0.3) is 0 Å². The summed E-state index contributed by atoms with van der Waals surface area (Å²) in [5, 5.41) is 12.3. The van der Waals surface area contributed by atoms with Gasteiger partial charge in [-0.1, -0.05) is 0 Å². The number of morpholine rings is 1. The molecule has 0 aromatic carbocycles. The molecule has 2 heterocycles. The average Bonchev–Trinajstić information content (AvgIpc) is 2.39. The normalized spacial score (nSPS) is 16.3. The summed E-state index contributed by atoms with van der Waals surface area (Å²) in [6.45, 7) is 6.70. The van der Waals surface area contributed by atoms with Gasteiger partial charge < -0.3 is 15.2 Å². The number of carbonyl (C=O) groups is 1. The zero-order valence-corrected chi connectivity index (χ0v) is 11.1. The summed E-state index contributed by atoms with van der Waals surface area (Å²) >= 11 is 0. The van der Waals surface area contributed by atoms with Gasteiger partial charge in [-0.25, -0.2) is 9.78 Å². The molecule has 1 aliphatic heterocycles. The van der Waals surface area contributed by atoms with E-state index in [0.717, 1.165) is 38.4 Å². The van der Waals surface area contributed by atoms with E-state index in [1.54, 1.807) is 19.2 Å². The van der Waals surface area contributed by atoms with Crippen molar-refractivity contribution in [1.82, 2.24) is 9.88 Å². The molecule has 1 aromatic heterocycles. The lowest BCUT2D eigenvalue weighted by Gasteiger charge is -2.26. The molecule has 1 fully saturated rings. The van der Waals surface area contributed by atoms with Crippen LogP contribution in [0.15, 0.2) is 12.3 Å². The number of carboxylic acids is 1. The summed E-state index contributed by atoms with van der Waals surface area (Å²) in [4.78, 5) is 17.6. The van der Waals surface area contributed by atoms with Crippen LogP contribution in [0.3, 0.4) is 0 Å². The maximum atomic E-state index is 11.2. The summed E-state index contributed by atoms with van der Waals surface area (Å²) < 4.78 is 5.28. The SMILES string of the molecule is Cc1ccnc(NCCN2CCOCC2)c1C(=O)O. The molecule has 0 bridgehead atoms. The number of pyridine rings is 1. The third kappa shape index (κ3) is 3.65. The fraction of sp³-hybridized carbons (Fsp3) is 0.538. The van der Waals surface area contributed by atoms with Crippen molar-refractivity contribution < 1.29 is 14.6 Å². The molecule has 1 aromatic rings. The molecule has 2 rings (SSSR count). The first-order valence-corrected chi connectivity index (χ1v) is 6.41. The van der Waals surface area contributed by atoms with Gasteiger partial charge in [0.05, 0.1) is 13.2 Å². The third-order valence-corrected chi connectivity index (χ3v) is 3.20. The first kappa shape index (κ1) is 13.8. The number of nitrogens with zero attached hydrogens (tertiary/aromatic N) is 2. The predicted molar refractivity (Wildman–Crippen MR) is 71.7 cm³/mol. The summed E-state index contributed by atoms with van der Waals surface area (Å²) in [6.07, 6.45) is 1.62. The number of hydrogen-bond donors (Lipinski definition) is 2. The molecule has 19 heavy (non-hydrogen) atoms. The van der Waals surface area contributed by atoms with Crippen LogP contribution in [0, 0.1) is 6.92 Å². The lowest BCUT2D eigenvalue weighted by Crippen LogP contribution is -2.39. The molecule has 0 radical (unpaired) electrons. The molecular weight excluding hydrogens is 246 g/mol. The van der Waals surface area contributed by atoms with E-state index in [9.17, 15) is 9.90 Å². The Balaban J connectivity index is 1.92. The highest BCUT2D eigenvalue weighted by atomic mass is 16.5. The zero-order valence-electron chi connectivity index (χ0n) is 11.1. The number of ether oxygens (including phenoxy) is 1. The van der Waals surface area contributed by atoms with E-state index >= 15 is 0 Å². The van der Waals surface area contributed by atoms with Crippen molar-refractivity contribution in [1.29, 1.82) is 0 Å². The minimum Gasteiger partial charge on any atom is -0.478 e. The maximum Gasteiger partial charge on any atom is 0.339 e. The van der Waals surface area contributed by atoms with E-state index in [0.29, 0.717) is 12.4 Å². The van der Waals surface area contributed by atoms with E-state index in [4.69, 9.17) is 4.74 Å². The van der Waals surface area contributed by atoms with Crippen molar-refractivity contribution in [2.24, 2.45) is 0 Å². The number of rotatable bonds is 5. The van der Waals surface area contributed by atoms with Gasteiger partial charge in [0.2, 0.25) is 0 Å². The molecule has 1 saturated heterocycles. The summed E-state index contributed by atoms with van der Waals surface area (Å²) in [6, 6.07) is 1.70. The Bertz CT molecular complexity index is 445. The highest BCUT2D eigenvalue weighted by molar-refractivity contribution is 5.94. The van der Waals surface area contributed by atoms with Crippen LogP contribution >= 0.6 is 0 Å². The van der Waals surface area contributed by atoms with Crippen molar-refractivity contribution in [3.8, 4) is 0 Å². The quantitative estimate of drug-likeness (QED) is 0.821. The molecular formula is C13H19N3O3. The second-order valence-electron chi connectivity index (χ2n) is 4.54. The Morgan fingerprint density at radius 3 is 2.95 bits per heavy atom. The molecule has 2 N–H and O–H groups in total. The van der Waals surface area contributed by atoms with Gasteiger partial charge >= 0.3 is 5.97 Å². The first-order valence-electron chi connectivity index (χ1n) is 6.41. The van der Waals surface area contributed by atoms with Gasteiger partial charge in [-0.05, 0) is 18.6 Å². The summed E-state index contributed by atoms with van der Waals surface area (Å²) in [5.41, 5.74) is 0.973. The molecule has 0 saturated carbocycles. The highest BCUT2D eigenvalue weighted by Gasteiger charge is 2.15. The molecule has 0 spiro atoms. The number of carboxylic acid groups (broad SMARTS) is 1. The highest BCUT2D eigenvalue weighted by Crippen LogP contribution is 2.16. The third-order valence-electron chi connectivity index (χ3n) is 3.20. The van der Waals surface area contributed by atoms with Gasteiger partial charge in [0.1, 0.15) is 11.4 Å². The van der Waals surface area contributed by atoms with Crippen molar-refractivity contribution >= 4 is 11.8 Å². The second-order valence-corrected chi connectivity index (χ2v) is 4.54. The fourth-order valence-corrected chi connectivity index (χ4v) is 2.12. The topological polar surface area (TPSA) is 74.7 Å². The molecule has 6 heteroatoms. The van der Waals surface area contributed by atoms with Crippen LogP contribution in [0.5, 0.6) is 0 Å². The fourth-order valence-electron chi connectivity index (χ4n) is 2.12. The standard InChI is InChI=1S/C13H19N3O3/c1-10-2-3-14-12(11(10)13(17)18)15-4-5-16-6-8-19-9-7-16/h2-3H,4-9H2,1H3,(H,14,15)(H,17,18). The number of aromatic carboxylic acids is 1. The predicted octanol–water partition coefficient (Wildman–Crippen LogP) is 0.832. The molecule has 1 aliphatic rings. The van der Waals surface area contributed by atoms with Crippen LogP contribution in [0.2, 0.25) is 0 Å².